The van der Waals surface area contributed by atoms with Crippen molar-refractivity contribution < 1.29 is 31.1 Å². The molecule has 1 aromatic heterocycles. The van der Waals surface area contributed by atoms with Crippen LogP contribution in [0, 0.1) is 13.8 Å². The smallest absolute Gasteiger partial charge is 0.387 e. The van der Waals surface area contributed by atoms with E-state index in [1.54, 1.807) is 0 Å². The molecule has 28 heavy (non-hydrogen) atoms. The number of sulfonamides is 1. The first-order valence-electron chi connectivity index (χ1n) is 8.66. The third-order valence-electron chi connectivity index (χ3n) is 4.53. The Morgan fingerprint density at radius 2 is 1.93 bits per heavy atom. The molecule has 1 N–H and O–H groups in total. The summed E-state index contributed by atoms with van der Waals surface area (Å²) < 4.78 is 61.4. The Morgan fingerprint density at radius 1 is 1.25 bits per heavy atom. The molecule has 2 heterocycles. The number of ether oxygens (including phenoxy) is 1. The van der Waals surface area contributed by atoms with Crippen molar-refractivity contribution in [2.75, 3.05) is 18.4 Å². The Bertz CT molecular complexity index is 982. The fraction of sp³-hybridized carbons (Fsp3) is 0.389. The van der Waals surface area contributed by atoms with Crippen LogP contribution in [0.3, 0.4) is 0 Å². The van der Waals surface area contributed by atoms with E-state index in [2.05, 4.69) is 10.1 Å². The van der Waals surface area contributed by atoms with Crippen molar-refractivity contribution >= 4 is 21.6 Å². The number of aryl methyl sites for hydroxylation is 1. The SMILES string of the molecule is Cc1oc(C(=O)Nc2cccc(OC(F)F)c2C)cc1S(=O)(=O)N1CCCC1. The van der Waals surface area contributed by atoms with Gasteiger partial charge in [-0.3, -0.25) is 4.79 Å². The Balaban J connectivity index is 1.83. The summed E-state index contributed by atoms with van der Waals surface area (Å²) in [6.07, 6.45) is 1.58. The van der Waals surface area contributed by atoms with Crippen molar-refractivity contribution in [2.45, 2.75) is 38.2 Å². The molecule has 1 aliphatic heterocycles. The number of hydrogen-bond acceptors (Lipinski definition) is 5. The van der Waals surface area contributed by atoms with Crippen LogP contribution >= 0.6 is 0 Å². The first-order valence-corrected chi connectivity index (χ1v) is 10.1. The summed E-state index contributed by atoms with van der Waals surface area (Å²) in [7, 11) is -3.73. The monoisotopic (exact) mass is 414 g/mol. The number of halogens is 2. The van der Waals surface area contributed by atoms with Crippen molar-refractivity contribution in [1.82, 2.24) is 4.31 Å². The van der Waals surface area contributed by atoms with Gasteiger partial charge in [0.15, 0.2) is 5.76 Å². The molecule has 1 aliphatic rings. The third kappa shape index (κ3) is 4.02. The Hall–Kier alpha value is -2.46. The van der Waals surface area contributed by atoms with Gasteiger partial charge >= 0.3 is 6.61 Å². The summed E-state index contributed by atoms with van der Waals surface area (Å²) in [5.74, 6) is -0.831. The van der Waals surface area contributed by atoms with E-state index >= 15 is 0 Å². The average molecular weight is 414 g/mol. The molecule has 2 aromatic rings. The van der Waals surface area contributed by atoms with Crippen LogP contribution in [0.2, 0.25) is 0 Å². The maximum Gasteiger partial charge on any atom is 0.387 e. The molecule has 7 nitrogen and oxygen atoms in total. The predicted octanol–water partition coefficient (Wildman–Crippen LogP) is 3.53. The van der Waals surface area contributed by atoms with Gasteiger partial charge in [0, 0.05) is 30.4 Å². The van der Waals surface area contributed by atoms with Gasteiger partial charge in [-0.2, -0.15) is 13.1 Å². The van der Waals surface area contributed by atoms with Crippen molar-refractivity contribution in [1.29, 1.82) is 0 Å². The van der Waals surface area contributed by atoms with E-state index in [9.17, 15) is 22.0 Å². The van der Waals surface area contributed by atoms with Crippen LogP contribution in [0.15, 0.2) is 33.6 Å². The molecule has 0 bridgehead atoms. The summed E-state index contributed by atoms with van der Waals surface area (Å²) in [6.45, 7) is 0.872. The minimum atomic E-state index is -3.73. The van der Waals surface area contributed by atoms with Gasteiger partial charge < -0.3 is 14.5 Å². The standard InChI is InChI=1S/C18H20F2N2O5S/c1-11-13(6-5-7-14(11)27-18(19)20)21-17(23)15-10-16(12(2)26-15)28(24,25)22-8-3-4-9-22/h5-7,10,18H,3-4,8-9H2,1-2H3,(H,21,23). The molecular weight excluding hydrogens is 394 g/mol. The Kier molecular flexibility index (Phi) is 5.71. The van der Waals surface area contributed by atoms with E-state index in [1.807, 2.05) is 0 Å². The summed E-state index contributed by atoms with van der Waals surface area (Å²) in [4.78, 5) is 12.5. The lowest BCUT2D eigenvalue weighted by molar-refractivity contribution is -0.0502. The molecule has 1 amide bonds. The minimum absolute atomic E-state index is 0.0499. The lowest BCUT2D eigenvalue weighted by atomic mass is 10.1. The van der Waals surface area contributed by atoms with Crippen LogP contribution in [-0.2, 0) is 10.0 Å². The van der Waals surface area contributed by atoms with Gasteiger partial charge in [-0.05, 0) is 38.8 Å². The van der Waals surface area contributed by atoms with Crippen molar-refractivity contribution in [2.24, 2.45) is 0 Å². The molecule has 0 radical (unpaired) electrons. The number of amides is 1. The quantitative estimate of drug-likeness (QED) is 0.781. The molecule has 1 aromatic carbocycles. The zero-order valence-electron chi connectivity index (χ0n) is 15.4. The molecule has 0 aliphatic carbocycles. The van der Waals surface area contributed by atoms with Crippen LogP contribution < -0.4 is 10.1 Å². The molecule has 0 unspecified atom stereocenters. The molecule has 152 valence electrons. The van der Waals surface area contributed by atoms with Gasteiger partial charge in [-0.25, -0.2) is 8.42 Å². The molecular formula is C18H20F2N2O5S. The zero-order valence-corrected chi connectivity index (χ0v) is 16.2. The number of anilines is 1. The number of hydrogen-bond donors (Lipinski definition) is 1. The van der Waals surface area contributed by atoms with Gasteiger partial charge in [-0.1, -0.05) is 6.07 Å². The molecule has 0 spiro atoms. The maximum atomic E-state index is 12.7. The van der Waals surface area contributed by atoms with Crippen LogP contribution in [0.4, 0.5) is 14.5 Å². The summed E-state index contributed by atoms with van der Waals surface area (Å²) in [6, 6.07) is 5.52. The second-order valence-corrected chi connectivity index (χ2v) is 8.31. The van der Waals surface area contributed by atoms with E-state index in [0.29, 0.717) is 18.7 Å². The Morgan fingerprint density at radius 3 is 2.57 bits per heavy atom. The second-order valence-electron chi connectivity index (χ2n) is 6.40. The summed E-state index contributed by atoms with van der Waals surface area (Å²) >= 11 is 0. The number of rotatable bonds is 6. The molecule has 1 fully saturated rings. The third-order valence-corrected chi connectivity index (χ3v) is 6.53. The van der Waals surface area contributed by atoms with Crippen LogP contribution in [-0.4, -0.2) is 38.3 Å². The van der Waals surface area contributed by atoms with Gasteiger partial charge in [0.05, 0.1) is 0 Å². The highest BCUT2D eigenvalue weighted by Crippen LogP contribution is 2.29. The normalized spacial score (nSPS) is 15.2. The van der Waals surface area contributed by atoms with Crippen LogP contribution in [0.25, 0.3) is 0 Å². The van der Waals surface area contributed by atoms with E-state index in [-0.39, 0.29) is 27.9 Å². The predicted molar refractivity (Wildman–Crippen MR) is 97.2 cm³/mol. The van der Waals surface area contributed by atoms with Crippen molar-refractivity contribution in [3.8, 4) is 5.75 Å². The highest BCUT2D eigenvalue weighted by atomic mass is 32.2. The fourth-order valence-corrected chi connectivity index (χ4v) is 4.74. The summed E-state index contributed by atoms with van der Waals surface area (Å²) in [5, 5.41) is 2.54. The molecule has 10 heteroatoms. The summed E-state index contributed by atoms with van der Waals surface area (Å²) in [5.41, 5.74) is 0.561. The number of furan rings is 1. The molecule has 0 saturated carbocycles. The zero-order chi connectivity index (χ0) is 20.5. The van der Waals surface area contributed by atoms with Crippen molar-refractivity contribution in [3.63, 3.8) is 0 Å². The first-order chi connectivity index (χ1) is 13.2. The van der Waals surface area contributed by atoms with Gasteiger partial charge in [0.2, 0.25) is 10.0 Å². The number of carbonyl (C=O) groups is 1. The highest BCUT2D eigenvalue weighted by Gasteiger charge is 2.31. The minimum Gasteiger partial charge on any atom is -0.455 e. The fourth-order valence-electron chi connectivity index (χ4n) is 3.06. The largest absolute Gasteiger partial charge is 0.455 e. The maximum absolute atomic E-state index is 12.7. The topological polar surface area (TPSA) is 88.8 Å². The Labute approximate surface area is 161 Å². The molecule has 3 rings (SSSR count). The highest BCUT2D eigenvalue weighted by molar-refractivity contribution is 7.89. The number of benzene rings is 1. The van der Waals surface area contributed by atoms with Gasteiger partial charge in [0.1, 0.15) is 16.4 Å². The van der Waals surface area contributed by atoms with Crippen LogP contribution in [0.1, 0.15) is 34.7 Å². The first kappa shape index (κ1) is 20.3. The lowest BCUT2D eigenvalue weighted by Gasteiger charge is -2.14. The number of alkyl halides is 2. The van der Waals surface area contributed by atoms with E-state index in [1.165, 1.54) is 42.4 Å². The van der Waals surface area contributed by atoms with Crippen LogP contribution in [0.5, 0.6) is 5.75 Å². The van der Waals surface area contributed by atoms with Gasteiger partial charge in [-0.15, -0.1) is 0 Å². The lowest BCUT2D eigenvalue weighted by Crippen LogP contribution is -2.28. The van der Waals surface area contributed by atoms with Gasteiger partial charge in [0.25, 0.3) is 5.91 Å². The van der Waals surface area contributed by atoms with E-state index in [4.69, 9.17) is 4.42 Å². The van der Waals surface area contributed by atoms with Crippen molar-refractivity contribution in [3.05, 3.63) is 41.3 Å². The molecule has 1 saturated heterocycles. The average Bonchev–Trinajstić information content (AvgIpc) is 3.28. The van der Waals surface area contributed by atoms with E-state index < -0.39 is 22.5 Å². The number of carbonyl (C=O) groups excluding carboxylic acids is 1. The number of nitrogens with one attached hydrogen (secondary N) is 1. The number of nitrogens with zero attached hydrogens (tertiary/aromatic N) is 1. The second kappa shape index (κ2) is 7.88. The molecule has 0 atom stereocenters. The van der Waals surface area contributed by atoms with E-state index in [0.717, 1.165) is 12.8 Å².